The summed E-state index contributed by atoms with van der Waals surface area (Å²) < 4.78 is 11.3. The molecule has 0 unspecified atom stereocenters. The Bertz CT molecular complexity index is 474. The van der Waals surface area contributed by atoms with Crippen LogP contribution < -0.4 is 3.58 Å². The summed E-state index contributed by atoms with van der Waals surface area (Å²) in [6, 6.07) is 9.42. The molecular formula is C23H40O2Sn. The quantitative estimate of drug-likeness (QED) is 0.239. The summed E-state index contributed by atoms with van der Waals surface area (Å²) in [5, 5.41) is 0. The number of carbonyl (C=O) groups excluding carboxylic acids is 1. The first kappa shape index (κ1) is 23.5. The van der Waals surface area contributed by atoms with Crippen LogP contribution in [0.4, 0.5) is 0 Å². The van der Waals surface area contributed by atoms with Crippen LogP contribution >= 0.6 is 0 Å². The molecule has 0 atom stereocenters. The van der Waals surface area contributed by atoms with E-state index in [-0.39, 0.29) is 5.97 Å². The van der Waals surface area contributed by atoms with E-state index < -0.39 is 18.4 Å². The molecule has 0 N–H and O–H groups in total. The fourth-order valence-electron chi connectivity index (χ4n) is 3.86. The van der Waals surface area contributed by atoms with Crippen LogP contribution in [0, 0.1) is 0 Å². The van der Waals surface area contributed by atoms with Crippen molar-refractivity contribution in [2.45, 2.75) is 92.4 Å². The Morgan fingerprint density at radius 2 is 1.35 bits per heavy atom. The van der Waals surface area contributed by atoms with Crippen molar-refractivity contribution >= 4 is 27.9 Å². The van der Waals surface area contributed by atoms with Crippen molar-refractivity contribution in [3.05, 3.63) is 29.8 Å². The number of unbranched alkanes of at least 4 members (excludes halogenated alkanes) is 3. The van der Waals surface area contributed by atoms with Gasteiger partial charge in [0.2, 0.25) is 0 Å². The van der Waals surface area contributed by atoms with Crippen LogP contribution in [0.3, 0.4) is 0 Å². The minimum atomic E-state index is -2.30. The maximum atomic E-state index is 11.6. The topological polar surface area (TPSA) is 26.3 Å². The van der Waals surface area contributed by atoms with Gasteiger partial charge in [0.05, 0.1) is 0 Å². The normalized spacial score (nSPS) is 11.5. The molecule has 1 rings (SSSR count). The van der Waals surface area contributed by atoms with Crippen LogP contribution in [0.5, 0.6) is 0 Å². The first-order valence-corrected chi connectivity index (χ1v) is 18.3. The second kappa shape index (κ2) is 13.6. The number of rotatable bonds is 14. The van der Waals surface area contributed by atoms with E-state index in [0.29, 0.717) is 13.0 Å². The van der Waals surface area contributed by atoms with E-state index in [1.54, 1.807) is 3.58 Å². The number of ether oxygens (including phenoxy) is 1. The van der Waals surface area contributed by atoms with Gasteiger partial charge in [-0.3, -0.25) is 0 Å². The Morgan fingerprint density at radius 1 is 0.846 bits per heavy atom. The van der Waals surface area contributed by atoms with Crippen molar-refractivity contribution < 1.29 is 9.53 Å². The van der Waals surface area contributed by atoms with Gasteiger partial charge in [-0.1, -0.05) is 0 Å². The van der Waals surface area contributed by atoms with E-state index in [1.165, 1.54) is 57.4 Å². The standard InChI is InChI=1S/C11H13O2.3C4H9.Sn/c1-2-13-11(12)9-8-10-6-4-3-5-7-10;3*1-3-4-2;/h4-7H,2,8-9H2,1H3;3*1,3-4H2,2H3;. The van der Waals surface area contributed by atoms with Gasteiger partial charge in [0, 0.05) is 0 Å². The van der Waals surface area contributed by atoms with Gasteiger partial charge in [0.1, 0.15) is 0 Å². The summed E-state index contributed by atoms with van der Waals surface area (Å²) in [5.41, 5.74) is 1.27. The Labute approximate surface area is 166 Å². The molecule has 0 saturated heterocycles. The van der Waals surface area contributed by atoms with Crippen molar-refractivity contribution in [2.24, 2.45) is 0 Å². The Balaban J connectivity index is 2.91. The van der Waals surface area contributed by atoms with Crippen molar-refractivity contribution in [1.82, 2.24) is 0 Å². The van der Waals surface area contributed by atoms with E-state index in [0.717, 1.165) is 6.42 Å². The molecule has 0 saturated carbocycles. The molecule has 0 spiro atoms. The van der Waals surface area contributed by atoms with Crippen LogP contribution in [0.25, 0.3) is 0 Å². The number of hydrogen-bond acceptors (Lipinski definition) is 2. The molecule has 2 nitrogen and oxygen atoms in total. The molecule has 3 heteroatoms. The average molecular weight is 467 g/mol. The van der Waals surface area contributed by atoms with Gasteiger partial charge >= 0.3 is 166 Å². The van der Waals surface area contributed by atoms with Crippen LogP contribution in [0.1, 0.15) is 78.2 Å². The number of hydrogen-bond donors (Lipinski definition) is 0. The third-order valence-corrected chi connectivity index (χ3v) is 21.2. The summed E-state index contributed by atoms with van der Waals surface area (Å²) in [7, 11) is 0. The number of carbonyl (C=O) groups is 1. The predicted octanol–water partition coefficient (Wildman–Crippen LogP) is 6.24. The average Bonchev–Trinajstić information content (AvgIpc) is 2.67. The summed E-state index contributed by atoms with van der Waals surface area (Å²) >= 11 is -2.30. The van der Waals surface area contributed by atoms with Gasteiger partial charge in [0.15, 0.2) is 0 Å². The van der Waals surface area contributed by atoms with Crippen molar-refractivity contribution in [1.29, 1.82) is 0 Å². The summed E-state index contributed by atoms with van der Waals surface area (Å²) in [6.45, 7) is 9.32. The van der Waals surface area contributed by atoms with E-state index in [2.05, 4.69) is 45.0 Å². The second-order valence-corrected chi connectivity index (χ2v) is 20.8. The monoisotopic (exact) mass is 468 g/mol. The third-order valence-electron chi connectivity index (χ3n) is 5.52. The van der Waals surface area contributed by atoms with E-state index >= 15 is 0 Å². The first-order chi connectivity index (χ1) is 12.6. The van der Waals surface area contributed by atoms with Gasteiger partial charge in [-0.2, -0.15) is 0 Å². The molecule has 0 aliphatic carbocycles. The van der Waals surface area contributed by atoms with E-state index in [9.17, 15) is 4.79 Å². The number of esters is 1. The zero-order valence-corrected chi connectivity index (χ0v) is 20.5. The van der Waals surface area contributed by atoms with Gasteiger partial charge in [0.25, 0.3) is 0 Å². The van der Waals surface area contributed by atoms with Crippen LogP contribution in [-0.4, -0.2) is 31.0 Å². The van der Waals surface area contributed by atoms with E-state index in [1.807, 2.05) is 6.92 Å². The van der Waals surface area contributed by atoms with Crippen molar-refractivity contribution in [2.75, 3.05) is 6.61 Å². The number of benzene rings is 1. The fraction of sp³-hybridized carbons (Fsp3) is 0.696. The van der Waals surface area contributed by atoms with Gasteiger partial charge in [-0.25, -0.2) is 0 Å². The molecule has 0 amide bonds. The minimum absolute atomic E-state index is 0.0843. The molecule has 0 bridgehead atoms. The molecular weight excluding hydrogens is 427 g/mol. The Kier molecular flexibility index (Phi) is 12.3. The zero-order valence-electron chi connectivity index (χ0n) is 17.6. The van der Waals surface area contributed by atoms with Gasteiger partial charge in [-0.05, 0) is 0 Å². The third kappa shape index (κ3) is 8.02. The molecule has 0 aliphatic heterocycles. The Morgan fingerprint density at radius 3 is 1.77 bits per heavy atom. The van der Waals surface area contributed by atoms with Crippen LogP contribution in [-0.2, 0) is 16.0 Å². The molecule has 0 heterocycles. The van der Waals surface area contributed by atoms with Gasteiger partial charge in [-0.15, -0.1) is 0 Å². The molecule has 0 fully saturated rings. The zero-order chi connectivity index (χ0) is 19.3. The molecule has 0 radical (unpaired) electrons. The SMILES string of the molecule is CCC[CH2][Sn]([CH2]CCC)([CH2]CCC)[c]1ccc(CCC(=O)OCC)cc1. The summed E-state index contributed by atoms with van der Waals surface area (Å²) in [6.07, 6.45) is 9.41. The summed E-state index contributed by atoms with van der Waals surface area (Å²) in [4.78, 5) is 11.6. The first-order valence-electron chi connectivity index (χ1n) is 10.9. The fourth-order valence-corrected chi connectivity index (χ4v) is 19.8. The molecule has 0 aromatic heterocycles. The predicted molar refractivity (Wildman–Crippen MR) is 116 cm³/mol. The van der Waals surface area contributed by atoms with E-state index in [4.69, 9.17) is 4.74 Å². The van der Waals surface area contributed by atoms with Crippen LogP contribution in [0.15, 0.2) is 24.3 Å². The molecule has 1 aromatic rings. The number of aryl methyl sites for hydroxylation is 1. The van der Waals surface area contributed by atoms with Crippen LogP contribution in [0.2, 0.25) is 13.3 Å². The van der Waals surface area contributed by atoms with Crippen molar-refractivity contribution in [3.63, 3.8) is 0 Å². The molecule has 0 aliphatic rings. The molecule has 26 heavy (non-hydrogen) atoms. The van der Waals surface area contributed by atoms with Gasteiger partial charge < -0.3 is 0 Å². The summed E-state index contributed by atoms with van der Waals surface area (Å²) in [5.74, 6) is -0.0843. The Hall–Kier alpha value is -0.511. The molecule has 148 valence electrons. The second-order valence-electron chi connectivity index (χ2n) is 7.59. The maximum absolute atomic E-state index is 11.6. The van der Waals surface area contributed by atoms with Crippen molar-refractivity contribution in [3.8, 4) is 0 Å². The molecule has 1 aromatic carbocycles.